The number of nitrogens with one attached hydrogen (secondary N) is 1. The Bertz CT molecular complexity index is 618. The number of aliphatic imine (C=N–C) groups is 1. The maximum Gasteiger partial charge on any atom is 0.161 e. The topological polar surface area (TPSA) is 37.3 Å². The SMILES string of the molecule is CC1CSC(Nc2cccc3cccnc23)=NC1C. The Balaban J connectivity index is 1.92. The molecule has 0 fully saturated rings. The van der Waals surface area contributed by atoms with Gasteiger partial charge < -0.3 is 5.32 Å². The zero-order valence-electron chi connectivity index (χ0n) is 11.1. The molecular weight excluding hydrogens is 254 g/mol. The molecule has 0 amide bonds. The smallest absolute Gasteiger partial charge is 0.161 e. The number of benzene rings is 1. The highest BCUT2D eigenvalue weighted by molar-refractivity contribution is 8.14. The van der Waals surface area contributed by atoms with Gasteiger partial charge in [-0.05, 0) is 25.0 Å². The van der Waals surface area contributed by atoms with E-state index in [2.05, 4.69) is 42.3 Å². The molecule has 2 atom stereocenters. The van der Waals surface area contributed by atoms with Crippen molar-refractivity contribution < 1.29 is 0 Å². The molecule has 2 aromatic rings. The molecule has 1 aromatic carbocycles. The molecule has 0 saturated carbocycles. The van der Waals surface area contributed by atoms with Gasteiger partial charge in [-0.3, -0.25) is 9.98 Å². The van der Waals surface area contributed by atoms with Crippen LogP contribution in [0.25, 0.3) is 10.9 Å². The maximum absolute atomic E-state index is 4.71. The lowest BCUT2D eigenvalue weighted by molar-refractivity contribution is 0.537. The van der Waals surface area contributed by atoms with Crippen LogP contribution >= 0.6 is 11.8 Å². The second-order valence-electron chi connectivity index (χ2n) is 4.97. The fraction of sp³-hybridized carbons (Fsp3) is 0.333. The summed E-state index contributed by atoms with van der Waals surface area (Å²) in [5.41, 5.74) is 2.03. The molecule has 3 rings (SSSR count). The van der Waals surface area contributed by atoms with Gasteiger partial charge in [0.25, 0.3) is 0 Å². The summed E-state index contributed by atoms with van der Waals surface area (Å²) in [5, 5.41) is 5.58. The van der Waals surface area contributed by atoms with E-state index < -0.39 is 0 Å². The van der Waals surface area contributed by atoms with Gasteiger partial charge >= 0.3 is 0 Å². The second kappa shape index (κ2) is 5.21. The van der Waals surface area contributed by atoms with E-state index >= 15 is 0 Å². The van der Waals surface area contributed by atoms with Crippen LogP contribution < -0.4 is 5.32 Å². The quantitative estimate of drug-likeness (QED) is 0.857. The first-order valence-electron chi connectivity index (χ1n) is 6.55. The number of fused-ring (bicyclic) bond motifs is 1. The largest absolute Gasteiger partial charge is 0.333 e. The zero-order chi connectivity index (χ0) is 13.2. The standard InChI is InChI=1S/C15H17N3S/c1-10-9-19-15(17-11(10)2)18-13-7-3-5-12-6-4-8-16-14(12)13/h3-8,10-11H,9H2,1-2H3,(H,17,18). The van der Waals surface area contributed by atoms with E-state index in [1.807, 2.05) is 18.3 Å². The van der Waals surface area contributed by atoms with E-state index in [4.69, 9.17) is 4.99 Å². The average Bonchev–Trinajstić information content (AvgIpc) is 2.43. The molecule has 2 unspecified atom stereocenters. The Morgan fingerprint density at radius 3 is 2.89 bits per heavy atom. The van der Waals surface area contributed by atoms with Gasteiger partial charge in [-0.15, -0.1) is 0 Å². The second-order valence-corrected chi connectivity index (χ2v) is 5.98. The summed E-state index contributed by atoms with van der Waals surface area (Å²) in [6.45, 7) is 4.42. The number of hydrogen-bond acceptors (Lipinski definition) is 4. The number of aromatic nitrogens is 1. The minimum absolute atomic E-state index is 0.381. The predicted octanol–water partition coefficient (Wildman–Crippen LogP) is 3.77. The van der Waals surface area contributed by atoms with E-state index in [0.29, 0.717) is 12.0 Å². The molecule has 3 nitrogen and oxygen atoms in total. The summed E-state index contributed by atoms with van der Waals surface area (Å²) in [6.07, 6.45) is 1.83. The van der Waals surface area contributed by atoms with E-state index in [1.165, 1.54) is 0 Å². The monoisotopic (exact) mass is 271 g/mol. The molecule has 0 saturated heterocycles. The Morgan fingerprint density at radius 2 is 2.05 bits per heavy atom. The van der Waals surface area contributed by atoms with Crippen molar-refractivity contribution in [2.75, 3.05) is 11.1 Å². The van der Waals surface area contributed by atoms with Gasteiger partial charge in [0.2, 0.25) is 0 Å². The normalized spacial score (nSPS) is 23.2. The highest BCUT2D eigenvalue weighted by Gasteiger charge is 2.19. The van der Waals surface area contributed by atoms with Gasteiger partial charge in [-0.25, -0.2) is 0 Å². The first-order valence-corrected chi connectivity index (χ1v) is 7.54. The molecule has 0 spiro atoms. The first-order chi connectivity index (χ1) is 9.24. The van der Waals surface area contributed by atoms with Crippen molar-refractivity contribution in [3.63, 3.8) is 0 Å². The summed E-state index contributed by atoms with van der Waals surface area (Å²) in [7, 11) is 0. The highest BCUT2D eigenvalue weighted by Crippen LogP contribution is 2.26. The Labute approximate surface area is 117 Å². The van der Waals surface area contributed by atoms with E-state index in [1.54, 1.807) is 11.8 Å². The average molecular weight is 271 g/mol. The van der Waals surface area contributed by atoms with Crippen LogP contribution in [0.1, 0.15) is 13.8 Å². The van der Waals surface area contributed by atoms with Crippen LogP contribution in [-0.4, -0.2) is 21.9 Å². The van der Waals surface area contributed by atoms with Crippen LogP contribution in [0.2, 0.25) is 0 Å². The summed E-state index contributed by atoms with van der Waals surface area (Å²) in [6, 6.07) is 10.6. The lowest BCUT2D eigenvalue weighted by atomic mass is 10.1. The zero-order valence-corrected chi connectivity index (χ0v) is 11.9. The minimum Gasteiger partial charge on any atom is -0.333 e. The molecule has 2 heterocycles. The lowest BCUT2D eigenvalue weighted by Crippen LogP contribution is -2.25. The number of nitrogens with zero attached hydrogens (tertiary/aromatic N) is 2. The lowest BCUT2D eigenvalue weighted by Gasteiger charge is -2.23. The molecule has 1 aliphatic heterocycles. The number of pyridine rings is 1. The van der Waals surface area contributed by atoms with Gasteiger partial charge in [0.15, 0.2) is 5.17 Å². The van der Waals surface area contributed by atoms with Crippen molar-refractivity contribution in [2.45, 2.75) is 19.9 Å². The van der Waals surface area contributed by atoms with Gasteiger partial charge in [0.05, 0.1) is 17.2 Å². The summed E-state index contributed by atoms with van der Waals surface area (Å²) in [5.74, 6) is 1.76. The van der Waals surface area contributed by atoms with E-state index in [9.17, 15) is 0 Å². The maximum atomic E-state index is 4.71. The predicted molar refractivity (Wildman–Crippen MR) is 83.9 cm³/mol. The number of anilines is 1. The van der Waals surface area contributed by atoms with Gasteiger partial charge in [-0.2, -0.15) is 0 Å². The molecule has 0 aliphatic carbocycles. The number of hydrogen-bond donors (Lipinski definition) is 1. The Kier molecular flexibility index (Phi) is 3.42. The first kappa shape index (κ1) is 12.5. The molecule has 1 aliphatic rings. The van der Waals surface area contributed by atoms with Crippen molar-refractivity contribution in [1.29, 1.82) is 0 Å². The summed E-state index contributed by atoms with van der Waals surface area (Å²) in [4.78, 5) is 9.16. The molecule has 4 heteroatoms. The van der Waals surface area contributed by atoms with Gasteiger partial charge in [0.1, 0.15) is 0 Å². The van der Waals surface area contributed by atoms with Crippen molar-refractivity contribution in [2.24, 2.45) is 10.9 Å². The molecule has 0 radical (unpaired) electrons. The van der Waals surface area contributed by atoms with Crippen molar-refractivity contribution in [3.05, 3.63) is 36.5 Å². The van der Waals surface area contributed by atoms with Crippen molar-refractivity contribution in [1.82, 2.24) is 4.98 Å². The molecule has 0 bridgehead atoms. The van der Waals surface area contributed by atoms with Crippen molar-refractivity contribution in [3.8, 4) is 0 Å². The molecule has 19 heavy (non-hydrogen) atoms. The fourth-order valence-corrected chi connectivity index (χ4v) is 3.21. The van der Waals surface area contributed by atoms with Gasteiger partial charge in [-0.1, -0.05) is 36.9 Å². The molecule has 98 valence electrons. The third-order valence-corrected chi connectivity index (χ3v) is 4.68. The van der Waals surface area contributed by atoms with E-state index in [-0.39, 0.29) is 0 Å². The summed E-state index contributed by atoms with van der Waals surface area (Å²) < 4.78 is 0. The number of rotatable bonds is 1. The highest BCUT2D eigenvalue weighted by atomic mass is 32.2. The minimum atomic E-state index is 0.381. The van der Waals surface area contributed by atoms with Crippen LogP contribution in [0.5, 0.6) is 0 Å². The third-order valence-electron chi connectivity index (χ3n) is 3.50. The van der Waals surface area contributed by atoms with Crippen LogP contribution in [0.4, 0.5) is 5.69 Å². The summed E-state index contributed by atoms with van der Waals surface area (Å²) >= 11 is 1.79. The van der Waals surface area contributed by atoms with Gasteiger partial charge in [0, 0.05) is 17.3 Å². The fourth-order valence-electron chi connectivity index (χ4n) is 2.09. The third kappa shape index (κ3) is 2.59. The van der Waals surface area contributed by atoms with Crippen LogP contribution in [0.15, 0.2) is 41.5 Å². The Hall–Kier alpha value is -1.55. The number of thioether (sulfide) groups is 1. The van der Waals surface area contributed by atoms with Crippen LogP contribution in [-0.2, 0) is 0 Å². The molecule has 1 aromatic heterocycles. The Morgan fingerprint density at radius 1 is 1.21 bits per heavy atom. The van der Waals surface area contributed by atoms with Crippen LogP contribution in [0.3, 0.4) is 0 Å². The number of amidine groups is 1. The van der Waals surface area contributed by atoms with Crippen LogP contribution in [0, 0.1) is 5.92 Å². The molecule has 1 N–H and O–H groups in total. The van der Waals surface area contributed by atoms with Crippen molar-refractivity contribution >= 4 is 33.5 Å². The molecular formula is C15H17N3S. The van der Waals surface area contributed by atoms with E-state index in [0.717, 1.165) is 27.5 Å². The number of para-hydroxylation sites is 1.